The van der Waals surface area contributed by atoms with Gasteiger partial charge in [0.05, 0.1) is 15.1 Å². The molecule has 3 aromatic rings. The number of amides is 1. The quantitative estimate of drug-likeness (QED) is 0.563. The number of pyridine rings is 1. The van der Waals surface area contributed by atoms with Crippen molar-refractivity contribution in [2.24, 2.45) is 0 Å². The first-order chi connectivity index (χ1) is 14.0. The molecule has 1 fully saturated rings. The average molecular weight is 452 g/mol. The van der Waals surface area contributed by atoms with Crippen LogP contribution in [-0.4, -0.2) is 47.1 Å². The zero-order chi connectivity index (χ0) is 20.5. The summed E-state index contributed by atoms with van der Waals surface area (Å²) in [5.41, 5.74) is 1.25. The molecule has 0 unspecified atom stereocenters. The number of hydrogen-bond acceptors (Lipinski definition) is 5. The number of aryl methyl sites for hydroxylation is 1. The van der Waals surface area contributed by atoms with E-state index in [1.807, 2.05) is 12.1 Å². The van der Waals surface area contributed by atoms with Crippen LogP contribution in [0.1, 0.15) is 16.1 Å². The standard InChI is InChI=1S/C20H17Cl3N4O2/c1-12-17(19(25-29-12)18-14(22)3-2-4-15(18)23)20(28)27-9-7-26(8-10-27)16-6-5-13(21)11-24-16/h2-6,11H,7-10H2,1H3. The van der Waals surface area contributed by atoms with E-state index in [2.05, 4.69) is 15.0 Å². The van der Waals surface area contributed by atoms with Gasteiger partial charge in [0.2, 0.25) is 0 Å². The molecule has 1 aromatic carbocycles. The number of piperazine rings is 1. The Morgan fingerprint density at radius 2 is 1.72 bits per heavy atom. The molecule has 2 aromatic heterocycles. The van der Waals surface area contributed by atoms with E-state index >= 15 is 0 Å². The van der Waals surface area contributed by atoms with Crippen molar-refractivity contribution in [3.05, 3.63) is 62.9 Å². The predicted molar refractivity (Wildman–Crippen MR) is 114 cm³/mol. The highest BCUT2D eigenvalue weighted by molar-refractivity contribution is 6.39. The van der Waals surface area contributed by atoms with Crippen LogP contribution in [0.25, 0.3) is 11.3 Å². The fraction of sp³-hybridized carbons (Fsp3) is 0.250. The van der Waals surface area contributed by atoms with Crippen molar-refractivity contribution in [1.29, 1.82) is 0 Å². The summed E-state index contributed by atoms with van der Waals surface area (Å²) in [6.07, 6.45) is 1.62. The van der Waals surface area contributed by atoms with Gasteiger partial charge < -0.3 is 14.3 Å². The maximum absolute atomic E-state index is 13.3. The van der Waals surface area contributed by atoms with Crippen LogP contribution in [0, 0.1) is 6.92 Å². The second-order valence-corrected chi connectivity index (χ2v) is 7.92. The minimum Gasteiger partial charge on any atom is -0.360 e. The van der Waals surface area contributed by atoms with Crippen LogP contribution >= 0.6 is 34.8 Å². The summed E-state index contributed by atoms with van der Waals surface area (Å²) in [6, 6.07) is 8.84. The molecule has 1 aliphatic rings. The highest BCUT2D eigenvalue weighted by Gasteiger charge is 2.30. The second kappa shape index (κ2) is 8.22. The number of carbonyl (C=O) groups excluding carboxylic acids is 1. The van der Waals surface area contributed by atoms with E-state index in [1.165, 1.54) is 0 Å². The summed E-state index contributed by atoms with van der Waals surface area (Å²) in [5, 5.41) is 5.49. The second-order valence-electron chi connectivity index (χ2n) is 6.67. The Morgan fingerprint density at radius 1 is 1.03 bits per heavy atom. The topological polar surface area (TPSA) is 62.5 Å². The zero-order valence-corrected chi connectivity index (χ0v) is 17.8. The maximum Gasteiger partial charge on any atom is 0.259 e. The Morgan fingerprint density at radius 3 is 2.34 bits per heavy atom. The minimum atomic E-state index is -0.154. The number of halogens is 3. The number of nitrogens with zero attached hydrogens (tertiary/aromatic N) is 4. The SMILES string of the molecule is Cc1onc(-c2c(Cl)cccc2Cl)c1C(=O)N1CCN(c2ccc(Cl)cn2)CC1. The van der Waals surface area contributed by atoms with Gasteiger partial charge in [-0.25, -0.2) is 4.98 Å². The lowest BCUT2D eigenvalue weighted by atomic mass is 10.0. The van der Waals surface area contributed by atoms with Crippen molar-refractivity contribution in [3.63, 3.8) is 0 Å². The molecule has 3 heterocycles. The Kier molecular flexibility index (Phi) is 5.67. The molecule has 0 saturated carbocycles. The van der Waals surface area contributed by atoms with Crippen molar-refractivity contribution in [2.75, 3.05) is 31.1 Å². The largest absolute Gasteiger partial charge is 0.360 e. The zero-order valence-electron chi connectivity index (χ0n) is 15.5. The van der Waals surface area contributed by atoms with Gasteiger partial charge in [0.15, 0.2) is 0 Å². The molecular weight excluding hydrogens is 435 g/mol. The van der Waals surface area contributed by atoms with Gasteiger partial charge in [-0.2, -0.15) is 0 Å². The third kappa shape index (κ3) is 3.92. The summed E-state index contributed by atoms with van der Waals surface area (Å²) < 4.78 is 5.33. The highest BCUT2D eigenvalue weighted by atomic mass is 35.5. The van der Waals surface area contributed by atoms with E-state index in [4.69, 9.17) is 39.3 Å². The molecule has 9 heteroatoms. The number of benzene rings is 1. The van der Waals surface area contributed by atoms with E-state index in [0.717, 1.165) is 5.82 Å². The van der Waals surface area contributed by atoms with E-state index in [-0.39, 0.29) is 5.91 Å². The van der Waals surface area contributed by atoms with Gasteiger partial charge in [0.1, 0.15) is 22.8 Å². The molecule has 0 N–H and O–H groups in total. The van der Waals surface area contributed by atoms with Gasteiger partial charge in [0.25, 0.3) is 5.91 Å². The third-order valence-corrected chi connectivity index (χ3v) is 5.73. The Bertz CT molecular complexity index is 1020. The van der Waals surface area contributed by atoms with Crippen LogP contribution in [0.15, 0.2) is 41.1 Å². The maximum atomic E-state index is 13.3. The molecule has 4 rings (SSSR count). The molecule has 0 atom stereocenters. The smallest absolute Gasteiger partial charge is 0.259 e. The van der Waals surface area contributed by atoms with E-state index < -0.39 is 0 Å². The van der Waals surface area contributed by atoms with Crippen LogP contribution in [-0.2, 0) is 0 Å². The molecule has 1 amide bonds. The molecule has 29 heavy (non-hydrogen) atoms. The molecule has 6 nitrogen and oxygen atoms in total. The molecule has 1 aliphatic heterocycles. The summed E-state index contributed by atoms with van der Waals surface area (Å²) in [4.78, 5) is 21.5. The van der Waals surface area contributed by atoms with Gasteiger partial charge in [-0.15, -0.1) is 0 Å². The van der Waals surface area contributed by atoms with Gasteiger partial charge in [-0.1, -0.05) is 46.0 Å². The van der Waals surface area contributed by atoms with Crippen molar-refractivity contribution >= 4 is 46.5 Å². The van der Waals surface area contributed by atoms with E-state index in [0.29, 0.717) is 63.8 Å². The normalized spacial score (nSPS) is 14.3. The summed E-state index contributed by atoms with van der Waals surface area (Å²) in [7, 11) is 0. The Balaban J connectivity index is 1.56. The minimum absolute atomic E-state index is 0.154. The van der Waals surface area contributed by atoms with Crippen LogP contribution < -0.4 is 4.90 Å². The van der Waals surface area contributed by atoms with Crippen molar-refractivity contribution < 1.29 is 9.32 Å². The molecular formula is C20H17Cl3N4O2. The molecule has 0 spiro atoms. The lowest BCUT2D eigenvalue weighted by Gasteiger charge is -2.35. The molecule has 0 bridgehead atoms. The van der Waals surface area contributed by atoms with Crippen molar-refractivity contribution in [1.82, 2.24) is 15.0 Å². The fourth-order valence-corrected chi connectivity index (χ4v) is 4.06. The van der Waals surface area contributed by atoms with Crippen LogP contribution in [0.5, 0.6) is 0 Å². The molecule has 150 valence electrons. The van der Waals surface area contributed by atoms with E-state index in [1.54, 1.807) is 36.2 Å². The first-order valence-corrected chi connectivity index (χ1v) is 10.2. The predicted octanol–water partition coefficient (Wildman–Crippen LogP) is 4.97. The van der Waals surface area contributed by atoms with E-state index in [9.17, 15) is 4.79 Å². The Hall–Kier alpha value is -2.28. The average Bonchev–Trinajstić information content (AvgIpc) is 3.09. The number of anilines is 1. The highest BCUT2D eigenvalue weighted by Crippen LogP contribution is 2.37. The van der Waals surface area contributed by atoms with Crippen molar-refractivity contribution in [2.45, 2.75) is 6.92 Å². The first kappa shape index (κ1) is 20.0. The lowest BCUT2D eigenvalue weighted by Crippen LogP contribution is -2.49. The Labute approximate surface area is 183 Å². The number of carbonyl (C=O) groups is 1. The third-order valence-electron chi connectivity index (χ3n) is 4.88. The summed E-state index contributed by atoms with van der Waals surface area (Å²) >= 11 is 18.5. The number of rotatable bonds is 3. The molecule has 1 saturated heterocycles. The number of hydrogen-bond donors (Lipinski definition) is 0. The van der Waals surface area contributed by atoms with Gasteiger partial charge >= 0.3 is 0 Å². The lowest BCUT2D eigenvalue weighted by molar-refractivity contribution is 0.0745. The first-order valence-electron chi connectivity index (χ1n) is 9.02. The van der Waals surface area contributed by atoms with Crippen molar-refractivity contribution in [3.8, 4) is 11.3 Å². The monoisotopic (exact) mass is 450 g/mol. The fourth-order valence-electron chi connectivity index (χ4n) is 3.37. The van der Waals surface area contributed by atoms with Crippen LogP contribution in [0.4, 0.5) is 5.82 Å². The summed E-state index contributed by atoms with van der Waals surface area (Å²) in [6.45, 7) is 4.12. The summed E-state index contributed by atoms with van der Waals surface area (Å²) in [5.74, 6) is 1.12. The van der Waals surface area contributed by atoms with Gasteiger partial charge in [0, 0.05) is 37.9 Å². The van der Waals surface area contributed by atoms with Gasteiger partial charge in [-0.05, 0) is 31.2 Å². The molecule has 0 aliphatic carbocycles. The van der Waals surface area contributed by atoms with Gasteiger partial charge in [-0.3, -0.25) is 4.79 Å². The molecule has 0 radical (unpaired) electrons. The van der Waals surface area contributed by atoms with Crippen LogP contribution in [0.3, 0.4) is 0 Å². The van der Waals surface area contributed by atoms with Crippen LogP contribution in [0.2, 0.25) is 15.1 Å². The number of aromatic nitrogens is 2.